The Hall–Kier alpha value is -2.19. The predicted molar refractivity (Wildman–Crippen MR) is 138 cm³/mol. The summed E-state index contributed by atoms with van der Waals surface area (Å²) in [6.45, 7) is 6.04. The summed E-state index contributed by atoms with van der Waals surface area (Å²) in [7, 11) is -3.83. The molecule has 0 spiro atoms. The molecular formula is C26H29ClN2O3S2. The molecule has 0 saturated heterocycles. The highest BCUT2D eigenvalue weighted by Gasteiger charge is 2.36. The van der Waals surface area contributed by atoms with Gasteiger partial charge in [-0.25, -0.2) is 8.42 Å². The van der Waals surface area contributed by atoms with E-state index < -0.39 is 10.0 Å². The summed E-state index contributed by atoms with van der Waals surface area (Å²) in [5.41, 5.74) is 3.05. The van der Waals surface area contributed by atoms with E-state index in [9.17, 15) is 13.2 Å². The molecular weight excluding hydrogens is 488 g/mol. The average molecular weight is 517 g/mol. The molecule has 3 aromatic rings. The molecule has 5 nitrogen and oxygen atoms in total. The fourth-order valence-corrected chi connectivity index (χ4v) is 7.02. The summed E-state index contributed by atoms with van der Waals surface area (Å²) in [6.07, 6.45) is 1.37. The number of fused-ring (bicyclic) bond motifs is 1. The summed E-state index contributed by atoms with van der Waals surface area (Å²) < 4.78 is 28.5. The van der Waals surface area contributed by atoms with Crippen LogP contribution in [0, 0.1) is 6.92 Å². The Bertz CT molecular complexity index is 1250. The Balaban J connectivity index is 1.68. The smallest absolute Gasteiger partial charge is 0.243 e. The lowest BCUT2D eigenvalue weighted by Crippen LogP contribution is -2.49. The van der Waals surface area contributed by atoms with Gasteiger partial charge >= 0.3 is 0 Å². The van der Waals surface area contributed by atoms with Crippen molar-refractivity contribution >= 4 is 38.9 Å². The molecule has 0 aliphatic carbocycles. The molecule has 34 heavy (non-hydrogen) atoms. The van der Waals surface area contributed by atoms with Gasteiger partial charge < -0.3 is 4.90 Å². The second-order valence-electron chi connectivity index (χ2n) is 8.71. The van der Waals surface area contributed by atoms with E-state index in [1.165, 1.54) is 9.18 Å². The fraction of sp³-hybridized carbons (Fsp3) is 0.346. The topological polar surface area (TPSA) is 57.7 Å². The van der Waals surface area contributed by atoms with Crippen LogP contribution >= 0.6 is 22.9 Å². The number of aryl methyl sites for hydroxylation is 1. The van der Waals surface area contributed by atoms with Crippen LogP contribution in [0.25, 0.3) is 0 Å². The standard InChI is InChI=1S/C26H29ClN2O3S2/c1-4-19(3)29(34(31,32)22-11-5-18(2)6-12-22)17-25(30)28-15-13-24-23(14-16-33-24)26(28)20-7-9-21(27)10-8-20/h5-12,14,16,19,26H,4,13,15,17H2,1-3H3. The van der Waals surface area contributed by atoms with Crippen molar-refractivity contribution in [2.24, 2.45) is 0 Å². The largest absolute Gasteiger partial charge is 0.330 e. The lowest BCUT2D eigenvalue weighted by Gasteiger charge is -2.38. The molecule has 4 rings (SSSR count). The lowest BCUT2D eigenvalue weighted by atomic mass is 9.93. The molecule has 1 aliphatic rings. The zero-order valence-corrected chi connectivity index (χ0v) is 22.0. The van der Waals surface area contributed by atoms with E-state index in [1.54, 1.807) is 35.6 Å². The van der Waals surface area contributed by atoms with Gasteiger partial charge in [-0.2, -0.15) is 4.31 Å². The molecule has 2 atom stereocenters. The number of amides is 1. The predicted octanol–water partition coefficient (Wildman–Crippen LogP) is 5.67. The lowest BCUT2D eigenvalue weighted by molar-refractivity contribution is -0.133. The second kappa shape index (κ2) is 10.2. The number of hydrogen-bond donors (Lipinski definition) is 0. The van der Waals surface area contributed by atoms with Gasteiger partial charge in [0.25, 0.3) is 0 Å². The van der Waals surface area contributed by atoms with Crippen molar-refractivity contribution in [2.45, 2.75) is 50.6 Å². The number of halogens is 1. The monoisotopic (exact) mass is 516 g/mol. The van der Waals surface area contributed by atoms with E-state index in [4.69, 9.17) is 11.6 Å². The quantitative estimate of drug-likeness (QED) is 0.406. The van der Waals surface area contributed by atoms with Gasteiger partial charge in [0, 0.05) is 22.5 Å². The van der Waals surface area contributed by atoms with Gasteiger partial charge in [-0.15, -0.1) is 11.3 Å². The van der Waals surface area contributed by atoms with Crippen molar-refractivity contribution in [3.63, 3.8) is 0 Å². The van der Waals surface area contributed by atoms with Crippen LogP contribution in [0.1, 0.15) is 47.9 Å². The van der Waals surface area contributed by atoms with E-state index in [0.29, 0.717) is 18.0 Å². The van der Waals surface area contributed by atoms with Crippen molar-refractivity contribution < 1.29 is 13.2 Å². The van der Waals surface area contributed by atoms with Crippen LogP contribution in [-0.4, -0.2) is 42.7 Å². The number of benzene rings is 2. The highest BCUT2D eigenvalue weighted by molar-refractivity contribution is 7.89. The van der Waals surface area contributed by atoms with E-state index in [0.717, 1.165) is 23.1 Å². The second-order valence-corrected chi connectivity index (χ2v) is 12.0. The summed E-state index contributed by atoms with van der Waals surface area (Å²) in [5.74, 6) is -0.201. The van der Waals surface area contributed by atoms with Crippen molar-refractivity contribution in [2.75, 3.05) is 13.1 Å². The number of thiophene rings is 1. The van der Waals surface area contributed by atoms with Crippen LogP contribution in [-0.2, 0) is 21.2 Å². The summed E-state index contributed by atoms with van der Waals surface area (Å²) >= 11 is 7.81. The molecule has 0 saturated carbocycles. The number of carbonyl (C=O) groups is 1. The van der Waals surface area contributed by atoms with Crippen molar-refractivity contribution in [3.8, 4) is 0 Å². The minimum Gasteiger partial charge on any atom is -0.330 e. The Morgan fingerprint density at radius 2 is 1.82 bits per heavy atom. The maximum atomic E-state index is 13.7. The normalized spacial score (nSPS) is 17.0. The van der Waals surface area contributed by atoms with Crippen molar-refractivity contribution in [1.29, 1.82) is 0 Å². The van der Waals surface area contributed by atoms with Crippen LogP contribution in [0.2, 0.25) is 5.02 Å². The molecule has 8 heteroatoms. The Morgan fingerprint density at radius 3 is 2.47 bits per heavy atom. The maximum Gasteiger partial charge on any atom is 0.243 e. The van der Waals surface area contributed by atoms with Crippen molar-refractivity contribution in [3.05, 3.63) is 86.6 Å². The van der Waals surface area contributed by atoms with Gasteiger partial charge in [-0.1, -0.05) is 48.4 Å². The zero-order chi connectivity index (χ0) is 24.5. The molecule has 1 aromatic heterocycles. The zero-order valence-electron chi connectivity index (χ0n) is 19.6. The third-order valence-electron chi connectivity index (χ3n) is 6.47. The summed E-state index contributed by atoms with van der Waals surface area (Å²) in [6, 6.07) is 15.8. The van der Waals surface area contributed by atoms with Gasteiger partial charge in [0.05, 0.1) is 17.5 Å². The highest BCUT2D eigenvalue weighted by Crippen LogP contribution is 2.38. The first-order valence-corrected chi connectivity index (χ1v) is 14.1. The number of hydrogen-bond acceptors (Lipinski definition) is 4. The molecule has 2 unspecified atom stereocenters. The Morgan fingerprint density at radius 1 is 1.15 bits per heavy atom. The molecule has 0 N–H and O–H groups in total. The number of carbonyl (C=O) groups excluding carboxylic acids is 1. The first kappa shape index (κ1) is 24.9. The first-order valence-electron chi connectivity index (χ1n) is 11.4. The summed E-state index contributed by atoms with van der Waals surface area (Å²) in [5, 5.41) is 2.68. The third kappa shape index (κ3) is 4.93. The number of nitrogens with zero attached hydrogens (tertiary/aromatic N) is 2. The van der Waals surface area contributed by atoms with E-state index in [-0.39, 0.29) is 29.4 Å². The van der Waals surface area contributed by atoms with Gasteiger partial charge in [0.2, 0.25) is 15.9 Å². The number of rotatable bonds is 7. The fourth-order valence-electron chi connectivity index (χ4n) is 4.34. The SMILES string of the molecule is CCC(C)N(CC(=O)N1CCc2sccc2C1c1ccc(Cl)cc1)S(=O)(=O)c1ccc(C)cc1. The van der Waals surface area contributed by atoms with E-state index >= 15 is 0 Å². The minimum absolute atomic E-state index is 0.200. The molecule has 180 valence electrons. The van der Waals surface area contributed by atoms with Gasteiger partial charge in [-0.05, 0) is 73.5 Å². The van der Waals surface area contributed by atoms with Crippen LogP contribution in [0.5, 0.6) is 0 Å². The van der Waals surface area contributed by atoms with Gasteiger partial charge in [0.1, 0.15) is 0 Å². The Kier molecular flexibility index (Phi) is 7.48. The Labute approximate surface area is 211 Å². The van der Waals surface area contributed by atoms with E-state index in [1.807, 2.05) is 49.9 Å². The van der Waals surface area contributed by atoms with Gasteiger partial charge in [-0.3, -0.25) is 4.79 Å². The van der Waals surface area contributed by atoms with Crippen LogP contribution < -0.4 is 0 Å². The van der Waals surface area contributed by atoms with Crippen LogP contribution in [0.4, 0.5) is 0 Å². The van der Waals surface area contributed by atoms with E-state index in [2.05, 4.69) is 11.4 Å². The highest BCUT2D eigenvalue weighted by atomic mass is 35.5. The first-order chi connectivity index (χ1) is 16.2. The molecule has 2 heterocycles. The van der Waals surface area contributed by atoms with Crippen LogP contribution in [0.15, 0.2) is 64.9 Å². The molecule has 1 aliphatic heterocycles. The third-order valence-corrected chi connectivity index (χ3v) is 9.70. The molecule has 0 bridgehead atoms. The maximum absolute atomic E-state index is 13.7. The summed E-state index contributed by atoms with van der Waals surface area (Å²) in [4.78, 5) is 17.0. The molecule has 1 amide bonds. The minimum atomic E-state index is -3.83. The molecule has 0 fully saturated rings. The molecule has 0 radical (unpaired) electrons. The van der Waals surface area contributed by atoms with Crippen molar-refractivity contribution in [1.82, 2.24) is 9.21 Å². The van der Waals surface area contributed by atoms with Crippen LogP contribution in [0.3, 0.4) is 0 Å². The van der Waals surface area contributed by atoms with Gasteiger partial charge in [0.15, 0.2) is 0 Å². The average Bonchev–Trinajstić information content (AvgIpc) is 3.31. The molecule has 2 aromatic carbocycles. The number of sulfonamides is 1.